The molecule has 0 aliphatic heterocycles. The molecule has 0 aromatic heterocycles. The molecule has 3 heteroatoms. The lowest BCUT2D eigenvalue weighted by Gasteiger charge is -2.06. The molecule has 18 heavy (non-hydrogen) atoms. The van der Waals surface area contributed by atoms with E-state index in [9.17, 15) is 0 Å². The molecule has 0 saturated heterocycles. The first-order valence-electron chi connectivity index (χ1n) is 5.83. The second kappa shape index (κ2) is 7.73. The summed E-state index contributed by atoms with van der Waals surface area (Å²) in [4.78, 5) is 0. The predicted molar refractivity (Wildman–Crippen MR) is 80.7 cm³/mol. The van der Waals surface area contributed by atoms with Crippen molar-refractivity contribution in [3.8, 4) is 6.07 Å². The third-order valence-electron chi connectivity index (χ3n) is 2.44. The minimum Gasteiger partial charge on any atom is -0.359 e. The summed E-state index contributed by atoms with van der Waals surface area (Å²) in [6.45, 7) is 4.12. The van der Waals surface area contributed by atoms with Gasteiger partial charge in [-0.1, -0.05) is 33.6 Å². The SMILES string of the molecule is C/C(=C/C=C(\C)Nc1cccc(C#N)c1)CCBr. The van der Waals surface area contributed by atoms with E-state index in [1.807, 2.05) is 25.1 Å². The predicted octanol–water partition coefficient (Wildman–Crippen LogP) is 4.61. The van der Waals surface area contributed by atoms with Crippen molar-refractivity contribution < 1.29 is 0 Å². The molecule has 0 heterocycles. The van der Waals surface area contributed by atoms with Gasteiger partial charge >= 0.3 is 0 Å². The van der Waals surface area contributed by atoms with E-state index in [4.69, 9.17) is 5.26 Å². The fourth-order valence-corrected chi connectivity index (χ4v) is 2.06. The number of hydrogen-bond acceptors (Lipinski definition) is 2. The van der Waals surface area contributed by atoms with Gasteiger partial charge in [0.1, 0.15) is 0 Å². The normalized spacial score (nSPS) is 12.1. The maximum atomic E-state index is 8.83. The molecule has 0 aliphatic rings. The average molecular weight is 305 g/mol. The summed E-state index contributed by atoms with van der Waals surface area (Å²) >= 11 is 3.42. The van der Waals surface area contributed by atoms with Gasteiger partial charge in [0.2, 0.25) is 0 Å². The van der Waals surface area contributed by atoms with Crippen LogP contribution in [0.4, 0.5) is 5.69 Å². The highest BCUT2D eigenvalue weighted by atomic mass is 79.9. The van der Waals surface area contributed by atoms with Crippen molar-refractivity contribution in [3.05, 3.63) is 53.3 Å². The largest absolute Gasteiger partial charge is 0.359 e. The Bertz CT molecular complexity index is 495. The van der Waals surface area contributed by atoms with Crippen LogP contribution in [0.2, 0.25) is 0 Å². The Labute approximate surface area is 117 Å². The highest BCUT2D eigenvalue weighted by molar-refractivity contribution is 9.09. The second-order valence-corrected chi connectivity index (χ2v) is 4.91. The maximum absolute atomic E-state index is 8.83. The second-order valence-electron chi connectivity index (χ2n) is 4.12. The molecule has 0 atom stereocenters. The van der Waals surface area contributed by atoms with Gasteiger partial charge in [-0.3, -0.25) is 0 Å². The Balaban J connectivity index is 2.69. The summed E-state index contributed by atoms with van der Waals surface area (Å²) in [6.07, 6.45) is 5.21. The van der Waals surface area contributed by atoms with E-state index in [1.165, 1.54) is 5.57 Å². The van der Waals surface area contributed by atoms with Gasteiger partial charge in [-0.25, -0.2) is 0 Å². The lowest BCUT2D eigenvalue weighted by molar-refractivity contribution is 1.12. The van der Waals surface area contributed by atoms with E-state index < -0.39 is 0 Å². The van der Waals surface area contributed by atoms with Crippen molar-refractivity contribution in [2.75, 3.05) is 10.6 Å². The molecule has 0 amide bonds. The topological polar surface area (TPSA) is 35.8 Å². The number of nitrogens with zero attached hydrogens (tertiary/aromatic N) is 1. The number of alkyl halides is 1. The van der Waals surface area contributed by atoms with Crippen LogP contribution in [-0.4, -0.2) is 5.33 Å². The van der Waals surface area contributed by atoms with E-state index in [0.717, 1.165) is 23.1 Å². The van der Waals surface area contributed by atoms with Crippen molar-refractivity contribution in [1.29, 1.82) is 5.26 Å². The van der Waals surface area contributed by atoms with Crippen LogP contribution in [0.5, 0.6) is 0 Å². The molecule has 0 radical (unpaired) electrons. The van der Waals surface area contributed by atoms with Gasteiger partial charge in [-0.15, -0.1) is 0 Å². The van der Waals surface area contributed by atoms with Crippen molar-refractivity contribution in [2.24, 2.45) is 0 Å². The van der Waals surface area contributed by atoms with Crippen molar-refractivity contribution in [2.45, 2.75) is 20.3 Å². The molecular weight excluding hydrogens is 288 g/mol. The Morgan fingerprint density at radius 2 is 2.17 bits per heavy atom. The van der Waals surface area contributed by atoms with Gasteiger partial charge in [-0.2, -0.15) is 5.26 Å². The lowest BCUT2D eigenvalue weighted by Crippen LogP contribution is -1.95. The average Bonchev–Trinajstić information content (AvgIpc) is 2.37. The van der Waals surface area contributed by atoms with Gasteiger partial charge in [0, 0.05) is 16.7 Å². The highest BCUT2D eigenvalue weighted by Gasteiger charge is 1.94. The Hall–Kier alpha value is -1.53. The number of halogens is 1. The number of benzene rings is 1. The van der Waals surface area contributed by atoms with Gasteiger partial charge in [0.15, 0.2) is 0 Å². The molecule has 1 aromatic rings. The minimum absolute atomic E-state index is 0.666. The van der Waals surface area contributed by atoms with E-state index in [0.29, 0.717) is 5.56 Å². The van der Waals surface area contributed by atoms with Crippen LogP contribution >= 0.6 is 15.9 Å². The molecule has 0 unspecified atom stereocenters. The van der Waals surface area contributed by atoms with Gasteiger partial charge in [0.25, 0.3) is 0 Å². The molecule has 0 spiro atoms. The molecule has 0 aliphatic carbocycles. The molecule has 0 fully saturated rings. The van der Waals surface area contributed by atoms with Crippen LogP contribution < -0.4 is 5.32 Å². The molecule has 1 rings (SSSR count). The first-order valence-corrected chi connectivity index (χ1v) is 6.95. The van der Waals surface area contributed by atoms with Gasteiger partial charge in [-0.05, 0) is 44.5 Å². The summed E-state index contributed by atoms with van der Waals surface area (Å²) in [7, 11) is 0. The molecular formula is C15H17BrN2. The fraction of sp³-hybridized carbons (Fsp3) is 0.267. The Kier molecular flexibility index (Phi) is 6.24. The molecule has 1 N–H and O–H groups in total. The molecule has 94 valence electrons. The van der Waals surface area contributed by atoms with Crippen LogP contribution in [0.3, 0.4) is 0 Å². The zero-order valence-electron chi connectivity index (χ0n) is 10.7. The summed E-state index contributed by atoms with van der Waals surface area (Å²) in [5.74, 6) is 0. The smallest absolute Gasteiger partial charge is 0.0992 e. The van der Waals surface area contributed by atoms with Gasteiger partial charge < -0.3 is 5.32 Å². The number of rotatable bonds is 5. The summed E-state index contributed by atoms with van der Waals surface area (Å²) < 4.78 is 0. The standard InChI is InChI=1S/C15H17BrN2/c1-12(8-9-16)6-7-13(2)18-15-5-3-4-14(10-15)11-17/h3-7,10,18H,8-9H2,1-2H3/b12-6-,13-7+. The number of hydrogen-bond donors (Lipinski definition) is 1. The number of nitriles is 1. The maximum Gasteiger partial charge on any atom is 0.0992 e. The van der Waals surface area contributed by atoms with E-state index in [1.54, 1.807) is 6.07 Å². The van der Waals surface area contributed by atoms with Crippen molar-refractivity contribution >= 4 is 21.6 Å². The molecule has 0 bridgehead atoms. The third-order valence-corrected chi connectivity index (χ3v) is 2.84. The van der Waals surface area contributed by atoms with Crippen LogP contribution in [0.25, 0.3) is 0 Å². The molecule has 2 nitrogen and oxygen atoms in total. The zero-order valence-corrected chi connectivity index (χ0v) is 12.3. The molecule has 1 aromatic carbocycles. The van der Waals surface area contributed by atoms with Crippen molar-refractivity contribution in [1.82, 2.24) is 0 Å². The van der Waals surface area contributed by atoms with Crippen LogP contribution in [0.15, 0.2) is 47.7 Å². The number of allylic oxidation sites excluding steroid dienone is 4. The Morgan fingerprint density at radius 1 is 1.39 bits per heavy atom. The zero-order chi connectivity index (χ0) is 13.4. The third kappa shape index (κ3) is 5.20. The van der Waals surface area contributed by atoms with Gasteiger partial charge in [0.05, 0.1) is 11.6 Å². The number of nitrogens with one attached hydrogen (secondary N) is 1. The number of anilines is 1. The quantitative estimate of drug-likeness (QED) is 0.637. The summed E-state index contributed by atoms with van der Waals surface area (Å²) in [5.41, 5.74) is 3.99. The monoisotopic (exact) mass is 304 g/mol. The lowest BCUT2D eigenvalue weighted by atomic mass is 10.2. The summed E-state index contributed by atoms with van der Waals surface area (Å²) in [6, 6.07) is 9.59. The molecule has 0 saturated carbocycles. The van der Waals surface area contributed by atoms with Crippen LogP contribution in [0, 0.1) is 11.3 Å². The Morgan fingerprint density at radius 3 is 2.83 bits per heavy atom. The summed E-state index contributed by atoms with van der Waals surface area (Å²) in [5, 5.41) is 13.1. The fourth-order valence-electron chi connectivity index (χ4n) is 1.44. The minimum atomic E-state index is 0.666. The van der Waals surface area contributed by atoms with E-state index >= 15 is 0 Å². The van der Waals surface area contributed by atoms with E-state index in [2.05, 4.69) is 46.4 Å². The highest BCUT2D eigenvalue weighted by Crippen LogP contribution is 2.12. The van der Waals surface area contributed by atoms with Crippen molar-refractivity contribution in [3.63, 3.8) is 0 Å². The van der Waals surface area contributed by atoms with Crippen LogP contribution in [-0.2, 0) is 0 Å². The first-order chi connectivity index (χ1) is 8.65. The first kappa shape index (κ1) is 14.5. The van der Waals surface area contributed by atoms with Crippen LogP contribution in [0.1, 0.15) is 25.8 Å². The van der Waals surface area contributed by atoms with E-state index in [-0.39, 0.29) is 0 Å².